The summed E-state index contributed by atoms with van der Waals surface area (Å²) in [6.07, 6.45) is 2.22. The van der Waals surface area contributed by atoms with Gasteiger partial charge in [-0.2, -0.15) is 0 Å². The molecule has 0 radical (unpaired) electrons. The summed E-state index contributed by atoms with van der Waals surface area (Å²) in [5.74, 6) is -0.476. The molecular weight excluding hydrogens is 570 g/mol. The topological polar surface area (TPSA) is 93.3 Å². The first kappa shape index (κ1) is 33.0. The van der Waals surface area contributed by atoms with Crippen LogP contribution in [0.4, 0.5) is 4.79 Å². The molecule has 2 unspecified atom stereocenters. The third-order valence-electron chi connectivity index (χ3n) is 8.90. The van der Waals surface area contributed by atoms with E-state index in [0.29, 0.717) is 32.6 Å². The lowest BCUT2D eigenvalue weighted by molar-refractivity contribution is -0.143. The van der Waals surface area contributed by atoms with E-state index in [9.17, 15) is 9.59 Å². The number of amides is 1. The van der Waals surface area contributed by atoms with Crippen LogP contribution in [-0.4, -0.2) is 85.7 Å². The van der Waals surface area contributed by atoms with Crippen LogP contribution in [0.15, 0.2) is 54.6 Å². The van der Waals surface area contributed by atoms with Crippen molar-refractivity contribution in [3.05, 3.63) is 71.4 Å². The van der Waals surface area contributed by atoms with Crippen molar-refractivity contribution in [3.63, 3.8) is 0 Å². The summed E-state index contributed by atoms with van der Waals surface area (Å²) in [5, 5.41) is 1.16. The highest BCUT2D eigenvalue weighted by atomic mass is 16.7. The van der Waals surface area contributed by atoms with E-state index in [1.807, 2.05) is 32.9 Å². The molecule has 9 heteroatoms. The number of esters is 1. The Morgan fingerprint density at radius 2 is 1.78 bits per heavy atom. The Kier molecular flexibility index (Phi) is 10.8. The second-order valence-corrected chi connectivity index (χ2v) is 13.5. The predicted octanol–water partition coefficient (Wildman–Crippen LogP) is 6.13. The molecule has 2 aromatic carbocycles. The molecule has 244 valence electrons. The standard InChI is InChI=1S/C36H49N3O6/c1-36(2,3)45-35(41)38(4)17-15-27(34-43-19-20-44-34)21-26-22-30(33(40)42-5)32-29(28-13-9-10-14-31(28)37-32)16-18-39(24-26)23-25-11-7-6-8-12-25/h6-14,26-27,30,34,37H,15-24H2,1-5H3/t26-,27?,30?/m1/s1. The number of nitrogens with zero attached hydrogens (tertiary/aromatic N) is 2. The van der Waals surface area contributed by atoms with Crippen LogP contribution in [0.3, 0.4) is 0 Å². The van der Waals surface area contributed by atoms with E-state index in [-0.39, 0.29) is 30.2 Å². The number of fused-ring (bicyclic) bond motifs is 3. The van der Waals surface area contributed by atoms with Gasteiger partial charge in [0.25, 0.3) is 0 Å². The molecule has 1 N–H and O–H groups in total. The fourth-order valence-electron chi connectivity index (χ4n) is 6.78. The number of methoxy groups -OCH3 is 1. The lowest BCUT2D eigenvalue weighted by Crippen LogP contribution is -2.37. The number of ether oxygens (including phenoxy) is 4. The smallest absolute Gasteiger partial charge is 0.410 e. The minimum Gasteiger partial charge on any atom is -0.469 e. The van der Waals surface area contributed by atoms with Gasteiger partial charge < -0.3 is 28.8 Å². The number of carbonyl (C=O) groups excluding carboxylic acids is 2. The van der Waals surface area contributed by atoms with Gasteiger partial charge in [-0.1, -0.05) is 48.5 Å². The van der Waals surface area contributed by atoms with Crippen LogP contribution in [0.1, 0.15) is 62.8 Å². The molecule has 2 aliphatic heterocycles. The molecule has 9 nitrogen and oxygen atoms in total. The molecule has 0 spiro atoms. The van der Waals surface area contributed by atoms with Gasteiger partial charge in [0.1, 0.15) is 5.60 Å². The quantitative estimate of drug-likeness (QED) is 0.288. The molecule has 1 aromatic heterocycles. The Labute approximate surface area is 267 Å². The van der Waals surface area contributed by atoms with Crippen LogP contribution in [0, 0.1) is 11.8 Å². The monoisotopic (exact) mass is 619 g/mol. The van der Waals surface area contributed by atoms with E-state index < -0.39 is 11.5 Å². The Balaban J connectivity index is 1.44. The first-order chi connectivity index (χ1) is 21.6. The van der Waals surface area contributed by atoms with Crippen molar-refractivity contribution in [3.8, 4) is 0 Å². The molecule has 0 saturated carbocycles. The van der Waals surface area contributed by atoms with Crippen molar-refractivity contribution in [1.82, 2.24) is 14.8 Å². The molecule has 45 heavy (non-hydrogen) atoms. The van der Waals surface area contributed by atoms with E-state index in [0.717, 1.165) is 49.1 Å². The van der Waals surface area contributed by atoms with Crippen molar-refractivity contribution >= 4 is 23.0 Å². The van der Waals surface area contributed by atoms with Crippen molar-refractivity contribution in [2.45, 2.75) is 70.8 Å². The second kappa shape index (κ2) is 14.8. The van der Waals surface area contributed by atoms with Gasteiger partial charge in [-0.25, -0.2) is 4.79 Å². The van der Waals surface area contributed by atoms with E-state index in [4.69, 9.17) is 18.9 Å². The molecule has 0 aliphatic carbocycles. The number of aromatic amines is 1. The number of benzene rings is 2. The summed E-state index contributed by atoms with van der Waals surface area (Å²) in [6.45, 7) is 9.72. The number of para-hydroxylation sites is 1. The van der Waals surface area contributed by atoms with Crippen LogP contribution in [0.5, 0.6) is 0 Å². The number of rotatable bonds is 9. The SMILES string of the molecule is COC(=O)C1C[C@@H](CC(CCN(C)C(=O)OC(C)(C)C)C2OCCO2)CN(Cc2ccccc2)CCc2c1[nH]c1ccccc21. The number of H-pyrrole nitrogens is 1. The third-order valence-corrected chi connectivity index (χ3v) is 8.90. The lowest BCUT2D eigenvalue weighted by atomic mass is 9.83. The maximum absolute atomic E-state index is 13.5. The summed E-state index contributed by atoms with van der Waals surface area (Å²) in [5.41, 5.74) is 3.89. The Bertz CT molecular complexity index is 1410. The Morgan fingerprint density at radius 3 is 2.49 bits per heavy atom. The summed E-state index contributed by atoms with van der Waals surface area (Å²) in [4.78, 5) is 34.0. The van der Waals surface area contributed by atoms with Gasteiger partial charge in [0.2, 0.25) is 0 Å². The Morgan fingerprint density at radius 1 is 1.07 bits per heavy atom. The van der Waals surface area contributed by atoms with Gasteiger partial charge >= 0.3 is 12.1 Å². The predicted molar refractivity (Wildman–Crippen MR) is 174 cm³/mol. The van der Waals surface area contributed by atoms with E-state index >= 15 is 0 Å². The maximum Gasteiger partial charge on any atom is 0.410 e. The molecule has 5 rings (SSSR count). The van der Waals surface area contributed by atoms with Gasteiger partial charge in [-0.15, -0.1) is 0 Å². The van der Waals surface area contributed by atoms with Crippen LogP contribution < -0.4 is 0 Å². The zero-order valence-electron chi connectivity index (χ0n) is 27.4. The Hall–Kier alpha value is -3.40. The van der Waals surface area contributed by atoms with Crippen molar-refractivity contribution in [2.75, 3.05) is 47.0 Å². The number of aromatic nitrogens is 1. The maximum atomic E-state index is 13.5. The van der Waals surface area contributed by atoms with Crippen LogP contribution in [-0.2, 0) is 36.7 Å². The molecule has 0 bridgehead atoms. The fraction of sp³-hybridized carbons (Fsp3) is 0.556. The van der Waals surface area contributed by atoms with Crippen molar-refractivity contribution < 1.29 is 28.5 Å². The highest BCUT2D eigenvalue weighted by Gasteiger charge is 2.36. The van der Waals surface area contributed by atoms with Gasteiger partial charge in [-0.05, 0) is 69.6 Å². The summed E-state index contributed by atoms with van der Waals surface area (Å²) in [6, 6.07) is 18.9. The summed E-state index contributed by atoms with van der Waals surface area (Å²) >= 11 is 0. The molecule has 1 amide bonds. The highest BCUT2D eigenvalue weighted by molar-refractivity contribution is 5.88. The molecule has 3 aromatic rings. The molecule has 3 atom stereocenters. The molecule has 1 fully saturated rings. The molecule has 1 saturated heterocycles. The number of hydrogen-bond acceptors (Lipinski definition) is 7. The summed E-state index contributed by atoms with van der Waals surface area (Å²) in [7, 11) is 3.25. The first-order valence-electron chi connectivity index (χ1n) is 16.2. The fourth-order valence-corrected chi connectivity index (χ4v) is 6.78. The van der Waals surface area contributed by atoms with Gasteiger partial charge in [-0.3, -0.25) is 9.69 Å². The van der Waals surface area contributed by atoms with Crippen LogP contribution in [0.25, 0.3) is 10.9 Å². The number of carbonyl (C=O) groups is 2. The number of nitrogens with one attached hydrogen (secondary N) is 1. The van der Waals surface area contributed by atoms with E-state index in [1.54, 1.807) is 11.9 Å². The van der Waals surface area contributed by atoms with E-state index in [2.05, 4.69) is 52.3 Å². The first-order valence-corrected chi connectivity index (χ1v) is 16.2. The van der Waals surface area contributed by atoms with Gasteiger partial charge in [0.15, 0.2) is 6.29 Å². The van der Waals surface area contributed by atoms with E-state index in [1.165, 1.54) is 18.2 Å². The van der Waals surface area contributed by atoms with Crippen molar-refractivity contribution in [2.24, 2.45) is 11.8 Å². The molecule has 2 aliphatic rings. The zero-order chi connectivity index (χ0) is 32.0. The average molecular weight is 620 g/mol. The largest absolute Gasteiger partial charge is 0.469 e. The minimum absolute atomic E-state index is 0.0298. The third kappa shape index (κ3) is 8.66. The number of hydrogen-bond donors (Lipinski definition) is 1. The zero-order valence-corrected chi connectivity index (χ0v) is 27.4. The summed E-state index contributed by atoms with van der Waals surface area (Å²) < 4.78 is 23.1. The average Bonchev–Trinajstić information content (AvgIpc) is 3.68. The normalized spacial score (nSPS) is 20.6. The minimum atomic E-state index is -0.563. The van der Waals surface area contributed by atoms with Crippen LogP contribution >= 0.6 is 0 Å². The second-order valence-electron chi connectivity index (χ2n) is 13.5. The lowest BCUT2D eigenvalue weighted by Gasteiger charge is -2.33. The van der Waals surface area contributed by atoms with Gasteiger partial charge in [0, 0.05) is 55.7 Å². The van der Waals surface area contributed by atoms with Crippen molar-refractivity contribution in [1.29, 1.82) is 0 Å². The van der Waals surface area contributed by atoms with Crippen LogP contribution in [0.2, 0.25) is 0 Å². The van der Waals surface area contributed by atoms with Gasteiger partial charge in [0.05, 0.1) is 26.2 Å². The molecule has 3 heterocycles. The highest BCUT2D eigenvalue weighted by Crippen LogP contribution is 2.38. The molecular formula is C36H49N3O6.